The van der Waals surface area contributed by atoms with E-state index < -0.39 is 11.5 Å². The number of hydrogen-bond acceptors (Lipinski definition) is 6. The van der Waals surface area contributed by atoms with Gasteiger partial charge in [0.1, 0.15) is 23.0 Å². The number of anilines is 1. The molecule has 0 saturated heterocycles. The standard InChI is InChI=1S/C15H14N4O3/c1-2-22-15(21)12-11(9-6-4-3-5-7-9)10(8-16)13(17)19(18)14(12)20/h3-7H,2,17-18H2,1H3. The molecule has 0 atom stereocenters. The molecule has 0 bridgehead atoms. The van der Waals surface area contributed by atoms with Crippen molar-refractivity contribution in [1.82, 2.24) is 4.68 Å². The fraction of sp³-hybridized carbons (Fsp3) is 0.133. The highest BCUT2D eigenvalue weighted by Gasteiger charge is 2.26. The fourth-order valence-electron chi connectivity index (χ4n) is 2.11. The van der Waals surface area contributed by atoms with Crippen LogP contribution in [0.15, 0.2) is 35.1 Å². The number of carbonyl (C=O) groups excluding carboxylic acids is 1. The Morgan fingerprint density at radius 2 is 2.00 bits per heavy atom. The second kappa shape index (κ2) is 6.01. The zero-order valence-corrected chi connectivity index (χ0v) is 11.9. The number of nitrogen functional groups attached to an aromatic ring is 2. The Morgan fingerprint density at radius 1 is 1.36 bits per heavy atom. The van der Waals surface area contributed by atoms with Gasteiger partial charge >= 0.3 is 5.97 Å². The number of hydrogen-bond donors (Lipinski definition) is 2. The summed E-state index contributed by atoms with van der Waals surface area (Å²) in [4.78, 5) is 24.5. The van der Waals surface area contributed by atoms with Crippen LogP contribution >= 0.6 is 0 Å². The summed E-state index contributed by atoms with van der Waals surface area (Å²) in [7, 11) is 0. The third-order valence-corrected chi connectivity index (χ3v) is 3.10. The van der Waals surface area contributed by atoms with Gasteiger partial charge in [0.15, 0.2) is 0 Å². The van der Waals surface area contributed by atoms with Gasteiger partial charge in [-0.1, -0.05) is 30.3 Å². The zero-order valence-electron chi connectivity index (χ0n) is 11.9. The maximum absolute atomic E-state index is 12.3. The van der Waals surface area contributed by atoms with E-state index in [0.717, 1.165) is 0 Å². The van der Waals surface area contributed by atoms with Crippen molar-refractivity contribution < 1.29 is 9.53 Å². The van der Waals surface area contributed by atoms with E-state index in [-0.39, 0.29) is 29.1 Å². The van der Waals surface area contributed by atoms with Crippen LogP contribution in [0, 0.1) is 11.3 Å². The molecule has 0 saturated carbocycles. The largest absolute Gasteiger partial charge is 0.462 e. The minimum atomic E-state index is -0.845. The molecule has 7 nitrogen and oxygen atoms in total. The predicted octanol–water partition coefficient (Wildman–Crippen LogP) is 0.860. The first-order valence-corrected chi connectivity index (χ1v) is 6.49. The highest BCUT2D eigenvalue weighted by molar-refractivity contribution is 5.99. The van der Waals surface area contributed by atoms with Crippen LogP contribution in [0.1, 0.15) is 22.8 Å². The summed E-state index contributed by atoms with van der Waals surface area (Å²) < 4.78 is 5.49. The lowest BCUT2D eigenvalue weighted by atomic mass is 9.96. The van der Waals surface area contributed by atoms with Crippen molar-refractivity contribution in [3.05, 3.63) is 51.8 Å². The molecule has 0 aliphatic rings. The van der Waals surface area contributed by atoms with Gasteiger partial charge in [0.05, 0.1) is 6.61 Å². The monoisotopic (exact) mass is 298 g/mol. The van der Waals surface area contributed by atoms with E-state index >= 15 is 0 Å². The second-order valence-corrected chi connectivity index (χ2v) is 4.38. The van der Waals surface area contributed by atoms with Crippen LogP contribution in [0.2, 0.25) is 0 Å². The van der Waals surface area contributed by atoms with Gasteiger partial charge in [-0.3, -0.25) is 4.79 Å². The quantitative estimate of drug-likeness (QED) is 0.639. The van der Waals surface area contributed by atoms with Crippen molar-refractivity contribution in [2.45, 2.75) is 6.92 Å². The van der Waals surface area contributed by atoms with Crippen molar-refractivity contribution in [2.75, 3.05) is 18.2 Å². The second-order valence-electron chi connectivity index (χ2n) is 4.38. The van der Waals surface area contributed by atoms with Crippen molar-refractivity contribution in [3.8, 4) is 17.2 Å². The number of rotatable bonds is 3. The van der Waals surface area contributed by atoms with E-state index in [1.54, 1.807) is 37.3 Å². The van der Waals surface area contributed by atoms with Gasteiger partial charge in [-0.25, -0.2) is 9.47 Å². The first-order chi connectivity index (χ1) is 10.5. The summed E-state index contributed by atoms with van der Waals surface area (Å²) in [5.74, 6) is 4.51. The van der Waals surface area contributed by atoms with Crippen molar-refractivity contribution in [1.29, 1.82) is 5.26 Å². The molecule has 0 aliphatic heterocycles. The third-order valence-electron chi connectivity index (χ3n) is 3.10. The van der Waals surface area contributed by atoms with Crippen LogP contribution in [-0.2, 0) is 4.74 Å². The predicted molar refractivity (Wildman–Crippen MR) is 81.4 cm³/mol. The number of benzene rings is 1. The first kappa shape index (κ1) is 15.1. The maximum atomic E-state index is 12.3. The number of nitrogens with zero attached hydrogens (tertiary/aromatic N) is 2. The molecule has 1 aromatic heterocycles. The highest BCUT2D eigenvalue weighted by atomic mass is 16.5. The van der Waals surface area contributed by atoms with Crippen LogP contribution < -0.4 is 17.1 Å². The van der Waals surface area contributed by atoms with Crippen LogP contribution in [-0.4, -0.2) is 17.3 Å². The Labute approximate surface area is 126 Å². The topological polar surface area (TPSA) is 124 Å². The number of carbonyl (C=O) groups is 1. The molecule has 0 radical (unpaired) electrons. The molecule has 0 spiro atoms. The van der Waals surface area contributed by atoms with E-state index in [2.05, 4.69) is 0 Å². The average Bonchev–Trinajstić information content (AvgIpc) is 2.53. The lowest BCUT2D eigenvalue weighted by molar-refractivity contribution is 0.0524. The van der Waals surface area contributed by atoms with Gasteiger partial charge in [0.25, 0.3) is 5.56 Å². The van der Waals surface area contributed by atoms with E-state index in [0.29, 0.717) is 10.2 Å². The van der Waals surface area contributed by atoms with Crippen LogP contribution in [0.25, 0.3) is 11.1 Å². The molecule has 112 valence electrons. The molecule has 1 heterocycles. The average molecular weight is 298 g/mol. The molecule has 0 aliphatic carbocycles. The Bertz CT molecular complexity index is 819. The number of nitriles is 1. The summed E-state index contributed by atoms with van der Waals surface area (Å²) in [5, 5.41) is 9.36. The Hall–Kier alpha value is -3.27. The van der Waals surface area contributed by atoms with Gasteiger partial charge in [-0.15, -0.1) is 0 Å². The van der Waals surface area contributed by atoms with E-state index in [9.17, 15) is 14.9 Å². The summed E-state index contributed by atoms with van der Waals surface area (Å²) in [5.41, 5.74) is 5.21. The molecule has 0 amide bonds. The fourth-order valence-corrected chi connectivity index (χ4v) is 2.11. The van der Waals surface area contributed by atoms with Gasteiger partial charge in [-0.2, -0.15) is 5.26 Å². The molecule has 0 fully saturated rings. The maximum Gasteiger partial charge on any atom is 0.344 e. The first-order valence-electron chi connectivity index (χ1n) is 6.49. The molecular formula is C15H14N4O3. The molecule has 4 N–H and O–H groups in total. The number of pyridine rings is 1. The lowest BCUT2D eigenvalue weighted by Gasteiger charge is -2.14. The third kappa shape index (κ3) is 2.38. The highest BCUT2D eigenvalue weighted by Crippen LogP contribution is 2.29. The number of nitrogens with two attached hydrogens (primary N) is 2. The summed E-state index contributed by atoms with van der Waals surface area (Å²) in [6.07, 6.45) is 0. The smallest absolute Gasteiger partial charge is 0.344 e. The van der Waals surface area contributed by atoms with E-state index in [1.807, 2.05) is 6.07 Å². The normalized spacial score (nSPS) is 10.0. The van der Waals surface area contributed by atoms with Crippen LogP contribution in [0.3, 0.4) is 0 Å². The van der Waals surface area contributed by atoms with Crippen molar-refractivity contribution in [3.63, 3.8) is 0 Å². The van der Waals surface area contributed by atoms with Gasteiger partial charge in [0.2, 0.25) is 0 Å². The minimum absolute atomic E-state index is 0.0450. The van der Waals surface area contributed by atoms with Gasteiger partial charge in [0, 0.05) is 5.56 Å². The Balaban J connectivity index is 2.93. The van der Waals surface area contributed by atoms with Crippen molar-refractivity contribution >= 4 is 11.8 Å². The summed E-state index contributed by atoms with van der Waals surface area (Å²) in [6, 6.07) is 10.4. The number of aromatic nitrogens is 1. The molecule has 0 unspecified atom stereocenters. The van der Waals surface area contributed by atoms with Crippen LogP contribution in [0.4, 0.5) is 5.82 Å². The summed E-state index contributed by atoms with van der Waals surface area (Å²) in [6.45, 7) is 1.70. The zero-order chi connectivity index (χ0) is 16.3. The number of esters is 1. The van der Waals surface area contributed by atoms with E-state index in [4.69, 9.17) is 16.3 Å². The Kier molecular flexibility index (Phi) is 4.13. The molecule has 1 aromatic carbocycles. The van der Waals surface area contributed by atoms with Crippen LogP contribution in [0.5, 0.6) is 0 Å². The molecule has 22 heavy (non-hydrogen) atoms. The SMILES string of the molecule is CCOC(=O)c1c(-c2ccccc2)c(C#N)c(N)n(N)c1=O. The molecule has 7 heteroatoms. The molecular weight excluding hydrogens is 284 g/mol. The lowest BCUT2D eigenvalue weighted by Crippen LogP contribution is -2.36. The summed E-state index contributed by atoms with van der Waals surface area (Å²) >= 11 is 0. The minimum Gasteiger partial charge on any atom is -0.462 e. The molecule has 2 rings (SSSR count). The van der Waals surface area contributed by atoms with Crippen molar-refractivity contribution in [2.24, 2.45) is 0 Å². The van der Waals surface area contributed by atoms with E-state index in [1.165, 1.54) is 0 Å². The number of ether oxygens (including phenoxy) is 1. The van der Waals surface area contributed by atoms with Gasteiger partial charge < -0.3 is 16.3 Å². The van der Waals surface area contributed by atoms with Gasteiger partial charge in [-0.05, 0) is 12.5 Å². The Morgan fingerprint density at radius 3 is 2.55 bits per heavy atom. The molecule has 2 aromatic rings.